The zero-order chi connectivity index (χ0) is 35.8. The number of para-hydroxylation sites is 1. The van der Waals surface area contributed by atoms with E-state index in [0.29, 0.717) is 12.6 Å². The van der Waals surface area contributed by atoms with Crippen molar-refractivity contribution in [1.82, 2.24) is 15.0 Å². The fourth-order valence-corrected chi connectivity index (χ4v) is 8.57. The number of nitrogens with one attached hydrogen (secondary N) is 2. The topological polar surface area (TPSA) is 32.2 Å². The first-order valence-electron chi connectivity index (χ1n) is 19.1. The van der Waals surface area contributed by atoms with Crippen molar-refractivity contribution in [2.24, 2.45) is 11.3 Å². The molecule has 5 aromatic carbocycles. The number of hydrogen-bond donors (Lipinski definition) is 2. The average Bonchev–Trinajstić information content (AvgIpc) is 3.83. The summed E-state index contributed by atoms with van der Waals surface area (Å²) in [6.45, 7) is 6.18. The summed E-state index contributed by atoms with van der Waals surface area (Å²) in [6.07, 6.45) is 22.7. The van der Waals surface area contributed by atoms with Gasteiger partial charge in [0.2, 0.25) is 0 Å². The molecule has 3 unspecified atom stereocenters. The monoisotopic (exact) mass is 690 g/mol. The van der Waals surface area contributed by atoms with Crippen LogP contribution in [0.4, 0.5) is 5.69 Å². The summed E-state index contributed by atoms with van der Waals surface area (Å²) in [4.78, 5) is 0. The number of hydrogen-bond acceptors (Lipinski definition) is 3. The largest absolute Gasteiger partial charge is 0.370 e. The van der Waals surface area contributed by atoms with E-state index >= 15 is 0 Å². The van der Waals surface area contributed by atoms with Crippen molar-refractivity contribution in [3.63, 3.8) is 0 Å². The van der Waals surface area contributed by atoms with Crippen LogP contribution in [0.1, 0.15) is 43.9 Å². The van der Waals surface area contributed by atoms with E-state index in [1.54, 1.807) is 0 Å². The van der Waals surface area contributed by atoms with E-state index in [1.165, 1.54) is 60.8 Å². The van der Waals surface area contributed by atoms with E-state index in [1.807, 2.05) is 0 Å². The lowest BCUT2D eigenvalue weighted by molar-refractivity contribution is 0.218. The smallest absolute Gasteiger partial charge is 0.0868 e. The molecule has 262 valence electrons. The van der Waals surface area contributed by atoms with Gasteiger partial charge in [-0.3, -0.25) is 0 Å². The Bertz CT molecular complexity index is 2460. The zero-order valence-corrected chi connectivity index (χ0v) is 30.5. The van der Waals surface area contributed by atoms with Crippen LogP contribution in [0.2, 0.25) is 0 Å². The summed E-state index contributed by atoms with van der Waals surface area (Å²) in [6, 6.07) is 42.4. The van der Waals surface area contributed by atoms with Crippen LogP contribution in [-0.4, -0.2) is 16.2 Å². The van der Waals surface area contributed by atoms with Gasteiger partial charge in [0.05, 0.1) is 12.7 Å². The molecular formula is C49H46N4. The predicted octanol–water partition coefficient (Wildman–Crippen LogP) is 12.1. The number of aromatic nitrogens is 1. The van der Waals surface area contributed by atoms with Crippen LogP contribution in [0.25, 0.3) is 49.6 Å². The van der Waals surface area contributed by atoms with Crippen molar-refractivity contribution in [3.05, 3.63) is 181 Å². The molecule has 0 spiro atoms. The zero-order valence-electron chi connectivity index (χ0n) is 30.5. The summed E-state index contributed by atoms with van der Waals surface area (Å²) in [5.41, 5.74) is 16.0. The number of allylic oxidation sites excluding steroid dienone is 8. The molecule has 0 saturated heterocycles. The number of rotatable bonds is 9. The Morgan fingerprint density at radius 2 is 1.57 bits per heavy atom. The number of fused-ring (bicyclic) bond motifs is 3. The third-order valence-electron chi connectivity index (χ3n) is 11.6. The first kappa shape index (κ1) is 33.0. The molecule has 1 aliphatic heterocycles. The Morgan fingerprint density at radius 3 is 2.40 bits per heavy atom. The summed E-state index contributed by atoms with van der Waals surface area (Å²) in [5, 5.41) is 8.68. The van der Waals surface area contributed by atoms with Crippen molar-refractivity contribution < 1.29 is 0 Å². The standard InChI is InChI=1S/C49H46N4/c1-3-52-47-18-9-8-17-42(47)44-33-39(22-26-48(44)52)38-21-25-45(43(32-38)36-13-6-4-7-14-36)50-34-53-46(27-30-51-53)40-16-12-15-37(31-40)35-19-23-41(24-20-35)49(2)28-10-5-11-29-49/h4-23,25-28,30-33,41,46,50-51H,3,24,29,34H2,1-2H3. The lowest BCUT2D eigenvalue weighted by atomic mass is 9.69. The van der Waals surface area contributed by atoms with Gasteiger partial charge < -0.3 is 15.3 Å². The van der Waals surface area contributed by atoms with Crippen LogP contribution in [0.15, 0.2) is 170 Å². The number of benzene rings is 5. The van der Waals surface area contributed by atoms with Crippen molar-refractivity contribution in [3.8, 4) is 22.3 Å². The number of nitrogens with zero attached hydrogens (tertiary/aromatic N) is 2. The van der Waals surface area contributed by atoms with Gasteiger partial charge in [0.1, 0.15) is 0 Å². The van der Waals surface area contributed by atoms with E-state index in [2.05, 4.69) is 204 Å². The van der Waals surface area contributed by atoms with Gasteiger partial charge in [-0.25, -0.2) is 0 Å². The van der Waals surface area contributed by atoms with Crippen LogP contribution < -0.4 is 10.7 Å². The number of aryl methyl sites for hydroxylation is 1. The highest BCUT2D eigenvalue weighted by Gasteiger charge is 2.30. The van der Waals surface area contributed by atoms with Gasteiger partial charge in [-0.1, -0.05) is 128 Å². The van der Waals surface area contributed by atoms with Crippen molar-refractivity contribution in [1.29, 1.82) is 0 Å². The minimum absolute atomic E-state index is 0.109. The van der Waals surface area contributed by atoms with Gasteiger partial charge in [0.25, 0.3) is 0 Å². The fourth-order valence-electron chi connectivity index (χ4n) is 8.57. The molecule has 1 aromatic heterocycles. The van der Waals surface area contributed by atoms with Gasteiger partial charge >= 0.3 is 0 Å². The van der Waals surface area contributed by atoms with Crippen molar-refractivity contribution in [2.75, 3.05) is 12.0 Å². The lowest BCUT2D eigenvalue weighted by Crippen LogP contribution is -2.37. The summed E-state index contributed by atoms with van der Waals surface area (Å²) in [5.74, 6) is 0.520. The molecule has 4 heteroatoms. The second-order valence-electron chi connectivity index (χ2n) is 14.8. The maximum Gasteiger partial charge on any atom is 0.0868 e. The summed E-state index contributed by atoms with van der Waals surface area (Å²) >= 11 is 0. The molecule has 0 saturated carbocycles. The predicted molar refractivity (Wildman–Crippen MR) is 224 cm³/mol. The normalized spacial score (nSPS) is 21.0. The molecule has 0 radical (unpaired) electrons. The van der Waals surface area contributed by atoms with E-state index < -0.39 is 0 Å². The number of hydrazine groups is 1. The van der Waals surface area contributed by atoms with Crippen molar-refractivity contribution in [2.45, 2.75) is 39.3 Å². The van der Waals surface area contributed by atoms with Gasteiger partial charge in [0.15, 0.2) is 0 Å². The van der Waals surface area contributed by atoms with E-state index in [0.717, 1.165) is 25.1 Å². The lowest BCUT2D eigenvalue weighted by Gasteiger charge is -2.35. The fraction of sp³-hybridized carbons (Fsp3) is 0.184. The van der Waals surface area contributed by atoms with Gasteiger partial charge in [-0.15, -0.1) is 0 Å². The molecule has 3 aliphatic rings. The molecule has 0 bridgehead atoms. The number of anilines is 1. The molecule has 9 rings (SSSR count). The van der Waals surface area contributed by atoms with Crippen LogP contribution in [0.3, 0.4) is 0 Å². The molecule has 6 aromatic rings. The van der Waals surface area contributed by atoms with Gasteiger partial charge in [-0.2, -0.15) is 5.01 Å². The third kappa shape index (κ3) is 6.23. The molecule has 2 aliphatic carbocycles. The van der Waals surface area contributed by atoms with Crippen molar-refractivity contribution >= 4 is 33.1 Å². The molecule has 0 amide bonds. The van der Waals surface area contributed by atoms with Crippen LogP contribution in [0, 0.1) is 11.3 Å². The molecule has 0 fully saturated rings. The maximum atomic E-state index is 3.80. The van der Waals surface area contributed by atoms with E-state index in [4.69, 9.17) is 0 Å². The van der Waals surface area contributed by atoms with Crippen LogP contribution in [0.5, 0.6) is 0 Å². The first-order valence-corrected chi connectivity index (χ1v) is 19.1. The minimum atomic E-state index is 0.109. The highest BCUT2D eigenvalue weighted by atomic mass is 15.6. The molecule has 2 N–H and O–H groups in total. The Balaban J connectivity index is 0.958. The molecule has 4 nitrogen and oxygen atoms in total. The third-order valence-corrected chi connectivity index (χ3v) is 11.6. The second-order valence-corrected chi connectivity index (χ2v) is 14.8. The van der Waals surface area contributed by atoms with Gasteiger partial charge in [0, 0.05) is 45.8 Å². The Hall–Kier alpha value is -5.84. The van der Waals surface area contributed by atoms with Gasteiger partial charge in [-0.05, 0) is 107 Å². The first-order chi connectivity index (χ1) is 26.1. The molecular weight excluding hydrogens is 645 g/mol. The van der Waals surface area contributed by atoms with Crippen LogP contribution >= 0.6 is 0 Å². The summed E-state index contributed by atoms with van der Waals surface area (Å²) < 4.78 is 2.41. The summed E-state index contributed by atoms with van der Waals surface area (Å²) in [7, 11) is 0. The quantitative estimate of drug-likeness (QED) is 0.158. The molecule has 3 atom stereocenters. The molecule has 2 heterocycles. The Kier molecular flexibility index (Phi) is 8.69. The highest BCUT2D eigenvalue weighted by molar-refractivity contribution is 6.09. The molecule has 53 heavy (non-hydrogen) atoms. The Labute approximate surface area is 313 Å². The second kappa shape index (κ2) is 13.9. The van der Waals surface area contributed by atoms with Crippen LogP contribution in [-0.2, 0) is 6.54 Å². The average molecular weight is 691 g/mol. The minimum Gasteiger partial charge on any atom is -0.370 e. The van der Waals surface area contributed by atoms with E-state index in [-0.39, 0.29) is 11.5 Å². The highest BCUT2D eigenvalue weighted by Crippen LogP contribution is 2.42. The SMILES string of the molecule is CCn1c2ccccc2c2cc(-c3ccc(NCN4NC=CC4c4cccc(C5=CCC(C6(C)C=CC=CC6)C=C5)c4)c(-c4ccccc4)c3)ccc21. The maximum absolute atomic E-state index is 3.80. The Morgan fingerprint density at radius 1 is 0.755 bits per heavy atom. The van der Waals surface area contributed by atoms with E-state index in [9.17, 15) is 0 Å².